The van der Waals surface area contributed by atoms with E-state index in [1.807, 2.05) is 0 Å². The van der Waals surface area contributed by atoms with Crippen LogP contribution in [0.3, 0.4) is 0 Å². The Morgan fingerprint density at radius 1 is 1.25 bits per heavy atom. The molecule has 1 aliphatic carbocycles. The van der Waals surface area contributed by atoms with Crippen LogP contribution in [0, 0.1) is 0 Å². The maximum atomic E-state index is 10.0. The van der Waals surface area contributed by atoms with Crippen LogP contribution < -0.4 is 0 Å². The lowest BCUT2D eigenvalue weighted by Gasteiger charge is -2.27. The molecule has 0 radical (unpaired) electrons. The molecule has 0 unspecified atom stereocenters. The molecule has 1 aromatic heterocycles. The van der Waals surface area contributed by atoms with E-state index in [-0.39, 0.29) is 12.0 Å². The lowest BCUT2D eigenvalue weighted by molar-refractivity contribution is 0.104. The van der Waals surface area contributed by atoms with Gasteiger partial charge in [-0.3, -0.25) is 4.98 Å². The van der Waals surface area contributed by atoms with E-state index >= 15 is 0 Å². The molecule has 1 aromatic rings. The lowest BCUT2D eigenvalue weighted by Crippen LogP contribution is -2.23. The Bertz CT molecular complexity index is 348. The minimum absolute atomic E-state index is 0.191. The topological polar surface area (TPSA) is 33.1 Å². The van der Waals surface area contributed by atoms with Crippen molar-refractivity contribution in [3.8, 4) is 0 Å². The van der Waals surface area contributed by atoms with Gasteiger partial charge in [0.1, 0.15) is 0 Å². The molecule has 0 bridgehead atoms. The van der Waals surface area contributed by atoms with Crippen LogP contribution in [0.4, 0.5) is 0 Å². The third kappa shape index (κ3) is 2.43. The van der Waals surface area contributed by atoms with E-state index in [4.69, 9.17) is 0 Å². The van der Waals surface area contributed by atoms with Crippen LogP contribution in [0.5, 0.6) is 0 Å². The summed E-state index contributed by atoms with van der Waals surface area (Å²) >= 11 is 0. The molecule has 0 spiro atoms. The summed E-state index contributed by atoms with van der Waals surface area (Å²) in [6.07, 6.45) is 4.19. The summed E-state index contributed by atoms with van der Waals surface area (Å²) in [4.78, 5) is 4.69. The number of pyridine rings is 1. The highest BCUT2D eigenvalue weighted by Gasteiger charge is 2.25. The molecule has 2 atom stereocenters. The Morgan fingerprint density at radius 2 is 2.00 bits per heavy atom. The summed E-state index contributed by atoms with van der Waals surface area (Å²) in [5.41, 5.74) is 2.22. The highest BCUT2D eigenvalue weighted by Crippen LogP contribution is 2.32. The Morgan fingerprint density at radius 3 is 2.69 bits per heavy atom. The maximum absolute atomic E-state index is 10.0. The summed E-state index contributed by atoms with van der Waals surface area (Å²) in [5.74, 6) is 0.716. The zero-order valence-electron chi connectivity index (χ0n) is 10.2. The highest BCUT2D eigenvalue weighted by molar-refractivity contribution is 5.18. The molecule has 88 valence electrons. The fraction of sp³-hybridized carbons (Fsp3) is 0.643. The second kappa shape index (κ2) is 4.96. The van der Waals surface area contributed by atoms with E-state index < -0.39 is 0 Å². The van der Waals surface area contributed by atoms with E-state index in [1.54, 1.807) is 0 Å². The Kier molecular flexibility index (Phi) is 3.59. The Hall–Kier alpha value is -0.890. The van der Waals surface area contributed by atoms with Gasteiger partial charge in [-0.25, -0.2) is 0 Å². The molecular formula is C14H21NO. The molecule has 0 aromatic carbocycles. The van der Waals surface area contributed by atoms with Crippen LogP contribution in [0.15, 0.2) is 18.2 Å². The molecule has 0 aliphatic heterocycles. The smallest absolute Gasteiger partial charge is 0.0623 e. The molecule has 16 heavy (non-hydrogen) atoms. The number of rotatable bonds is 2. The predicted octanol–water partition coefficient (Wildman–Crippen LogP) is 3.22. The quantitative estimate of drug-likeness (QED) is 0.828. The largest absolute Gasteiger partial charge is 0.392 e. The van der Waals surface area contributed by atoms with Crippen LogP contribution in [-0.2, 0) is 0 Å². The predicted molar refractivity (Wildman–Crippen MR) is 65.5 cm³/mol. The standard InChI is InChI=1S/C14H21NO/c1-10(2)12-7-5-8-13(15-12)11-6-3-4-9-14(11)16/h5,7-8,10-11,14,16H,3-4,6,9H2,1-2H3/t11-,14+/m0/s1. The van der Waals surface area contributed by atoms with Crippen molar-refractivity contribution in [2.24, 2.45) is 0 Å². The molecule has 2 rings (SSSR count). The second-order valence-electron chi connectivity index (χ2n) is 5.10. The van der Waals surface area contributed by atoms with Gasteiger partial charge in [-0.2, -0.15) is 0 Å². The summed E-state index contributed by atoms with van der Waals surface area (Å²) in [5, 5.41) is 10.0. The number of aliphatic hydroxyl groups excluding tert-OH is 1. The first-order chi connectivity index (χ1) is 7.68. The molecule has 0 amide bonds. The van der Waals surface area contributed by atoms with Gasteiger partial charge in [0.2, 0.25) is 0 Å². The van der Waals surface area contributed by atoms with Gasteiger partial charge in [0.15, 0.2) is 0 Å². The minimum atomic E-state index is -0.191. The van der Waals surface area contributed by atoms with E-state index in [0.29, 0.717) is 5.92 Å². The number of hydrogen-bond donors (Lipinski definition) is 1. The summed E-state index contributed by atoms with van der Waals surface area (Å²) in [7, 11) is 0. The van der Waals surface area contributed by atoms with Crippen molar-refractivity contribution < 1.29 is 5.11 Å². The van der Waals surface area contributed by atoms with E-state index in [1.165, 1.54) is 6.42 Å². The van der Waals surface area contributed by atoms with Crippen LogP contribution in [0.25, 0.3) is 0 Å². The molecule has 1 aliphatic rings. The van der Waals surface area contributed by atoms with Gasteiger partial charge in [0.05, 0.1) is 6.10 Å². The first kappa shape index (κ1) is 11.6. The fourth-order valence-corrected chi connectivity index (χ4v) is 2.45. The van der Waals surface area contributed by atoms with Crippen LogP contribution in [-0.4, -0.2) is 16.2 Å². The SMILES string of the molecule is CC(C)c1cccc([C@@H]2CCCC[C@H]2O)n1. The lowest BCUT2D eigenvalue weighted by atomic mass is 9.84. The average molecular weight is 219 g/mol. The molecule has 1 N–H and O–H groups in total. The van der Waals surface area contributed by atoms with E-state index in [2.05, 4.69) is 37.0 Å². The third-order valence-corrected chi connectivity index (χ3v) is 3.49. The van der Waals surface area contributed by atoms with E-state index in [9.17, 15) is 5.11 Å². The second-order valence-corrected chi connectivity index (χ2v) is 5.10. The number of aliphatic hydroxyl groups is 1. The van der Waals surface area contributed by atoms with Gasteiger partial charge in [0.25, 0.3) is 0 Å². The van der Waals surface area contributed by atoms with Gasteiger partial charge in [0, 0.05) is 17.3 Å². The van der Waals surface area contributed by atoms with Crippen molar-refractivity contribution in [3.63, 3.8) is 0 Å². The highest BCUT2D eigenvalue weighted by atomic mass is 16.3. The first-order valence-corrected chi connectivity index (χ1v) is 6.33. The van der Waals surface area contributed by atoms with Crippen molar-refractivity contribution in [1.29, 1.82) is 0 Å². The summed E-state index contributed by atoms with van der Waals surface area (Å²) in [6.45, 7) is 4.31. The minimum Gasteiger partial charge on any atom is -0.392 e. The zero-order valence-corrected chi connectivity index (χ0v) is 10.2. The van der Waals surface area contributed by atoms with Gasteiger partial charge in [-0.15, -0.1) is 0 Å². The van der Waals surface area contributed by atoms with Crippen molar-refractivity contribution in [2.75, 3.05) is 0 Å². The summed E-state index contributed by atoms with van der Waals surface area (Å²) < 4.78 is 0. The van der Waals surface area contributed by atoms with Crippen molar-refractivity contribution in [2.45, 2.75) is 57.5 Å². The van der Waals surface area contributed by atoms with Crippen molar-refractivity contribution in [1.82, 2.24) is 4.98 Å². The molecule has 1 saturated carbocycles. The van der Waals surface area contributed by atoms with Gasteiger partial charge in [-0.1, -0.05) is 32.8 Å². The van der Waals surface area contributed by atoms with Crippen LogP contribution >= 0.6 is 0 Å². The fourth-order valence-electron chi connectivity index (χ4n) is 2.45. The number of aromatic nitrogens is 1. The molecule has 2 nitrogen and oxygen atoms in total. The summed E-state index contributed by atoms with van der Waals surface area (Å²) in [6, 6.07) is 6.20. The first-order valence-electron chi connectivity index (χ1n) is 6.33. The number of nitrogens with zero attached hydrogens (tertiary/aromatic N) is 1. The van der Waals surface area contributed by atoms with Crippen LogP contribution in [0.2, 0.25) is 0 Å². The monoisotopic (exact) mass is 219 g/mol. The molecular weight excluding hydrogens is 198 g/mol. The Labute approximate surface area is 97.7 Å². The average Bonchev–Trinajstić information content (AvgIpc) is 2.30. The normalized spacial score (nSPS) is 26.0. The van der Waals surface area contributed by atoms with Crippen LogP contribution in [0.1, 0.15) is 62.8 Å². The third-order valence-electron chi connectivity index (χ3n) is 3.49. The van der Waals surface area contributed by atoms with Crippen molar-refractivity contribution in [3.05, 3.63) is 29.6 Å². The zero-order chi connectivity index (χ0) is 11.5. The van der Waals surface area contributed by atoms with E-state index in [0.717, 1.165) is 30.7 Å². The molecule has 1 heterocycles. The van der Waals surface area contributed by atoms with Gasteiger partial charge < -0.3 is 5.11 Å². The molecule has 1 fully saturated rings. The molecule has 2 heteroatoms. The maximum Gasteiger partial charge on any atom is 0.0623 e. The Balaban J connectivity index is 2.21. The molecule has 0 saturated heterocycles. The number of hydrogen-bond acceptors (Lipinski definition) is 2. The van der Waals surface area contributed by atoms with Gasteiger partial charge in [-0.05, 0) is 30.9 Å². The van der Waals surface area contributed by atoms with Crippen molar-refractivity contribution >= 4 is 0 Å². The van der Waals surface area contributed by atoms with Gasteiger partial charge >= 0.3 is 0 Å².